The van der Waals surface area contributed by atoms with Crippen molar-refractivity contribution in [3.63, 3.8) is 0 Å². The summed E-state index contributed by atoms with van der Waals surface area (Å²) < 4.78 is 23.5. The van der Waals surface area contributed by atoms with Gasteiger partial charge in [0.1, 0.15) is 9.84 Å². The van der Waals surface area contributed by atoms with E-state index in [1.165, 1.54) is 13.2 Å². The number of rotatable bonds is 3. The number of halogens is 1. The highest BCUT2D eigenvalue weighted by Crippen LogP contribution is 2.39. The van der Waals surface area contributed by atoms with Crippen molar-refractivity contribution >= 4 is 37.4 Å². The Hall–Kier alpha value is -0.880. The van der Waals surface area contributed by atoms with Gasteiger partial charge >= 0.3 is 0 Å². The maximum absolute atomic E-state index is 11.6. The van der Waals surface area contributed by atoms with E-state index in [1.54, 1.807) is 4.90 Å². The largest absolute Gasteiger partial charge is 0.312 e. The molecule has 1 unspecified atom stereocenters. The van der Waals surface area contributed by atoms with Gasteiger partial charge in [-0.2, -0.15) is 0 Å². The van der Waals surface area contributed by atoms with E-state index in [2.05, 4.69) is 15.9 Å². The van der Waals surface area contributed by atoms with Crippen LogP contribution in [0.25, 0.3) is 0 Å². The number of sulfone groups is 1. The standard InChI is InChI=1S/C13H16BrNO3S/c1-9(16)15-8-10(5-6-19(2,17)18)12-7-11(14)3-4-13(12)15/h3-4,7,10H,5-6,8H2,1-2H3. The number of amides is 1. The second-order valence-electron chi connectivity index (χ2n) is 4.95. The smallest absolute Gasteiger partial charge is 0.223 e. The molecular formula is C13H16BrNO3S. The fourth-order valence-corrected chi connectivity index (χ4v) is 3.51. The fraction of sp³-hybridized carbons (Fsp3) is 0.462. The zero-order valence-electron chi connectivity index (χ0n) is 10.9. The summed E-state index contributed by atoms with van der Waals surface area (Å²) in [7, 11) is -2.98. The predicted molar refractivity (Wildman–Crippen MR) is 79.2 cm³/mol. The third-order valence-corrected chi connectivity index (χ3v) is 4.81. The number of benzene rings is 1. The zero-order valence-corrected chi connectivity index (χ0v) is 13.3. The molecule has 1 aliphatic heterocycles. The van der Waals surface area contributed by atoms with Gasteiger partial charge in [0.25, 0.3) is 0 Å². The molecule has 0 N–H and O–H groups in total. The highest BCUT2D eigenvalue weighted by molar-refractivity contribution is 9.10. The molecule has 0 aliphatic carbocycles. The highest BCUT2D eigenvalue weighted by atomic mass is 79.9. The van der Waals surface area contributed by atoms with Gasteiger partial charge in [-0.25, -0.2) is 8.42 Å². The molecule has 19 heavy (non-hydrogen) atoms. The first-order valence-corrected chi connectivity index (χ1v) is 8.88. The predicted octanol–water partition coefficient (Wildman–Crippen LogP) is 2.33. The molecule has 1 heterocycles. The summed E-state index contributed by atoms with van der Waals surface area (Å²) in [5, 5.41) is 0. The second kappa shape index (κ2) is 5.25. The Morgan fingerprint density at radius 3 is 2.74 bits per heavy atom. The summed E-state index contributed by atoms with van der Waals surface area (Å²) in [6.45, 7) is 2.10. The maximum Gasteiger partial charge on any atom is 0.223 e. The Morgan fingerprint density at radius 1 is 1.47 bits per heavy atom. The van der Waals surface area contributed by atoms with Crippen LogP contribution in [0.1, 0.15) is 24.8 Å². The first-order chi connectivity index (χ1) is 8.78. The van der Waals surface area contributed by atoms with Crippen molar-refractivity contribution < 1.29 is 13.2 Å². The monoisotopic (exact) mass is 345 g/mol. The molecule has 0 spiro atoms. The quantitative estimate of drug-likeness (QED) is 0.844. The molecule has 0 bridgehead atoms. The van der Waals surface area contributed by atoms with Gasteiger partial charge in [0.15, 0.2) is 0 Å². The number of carbonyl (C=O) groups excluding carboxylic acids is 1. The lowest BCUT2D eigenvalue weighted by atomic mass is 9.99. The van der Waals surface area contributed by atoms with Gasteiger partial charge in [-0.1, -0.05) is 15.9 Å². The van der Waals surface area contributed by atoms with E-state index in [9.17, 15) is 13.2 Å². The normalized spacial score (nSPS) is 18.5. The Labute approximate surface area is 121 Å². The molecule has 1 atom stereocenters. The molecule has 6 heteroatoms. The number of nitrogens with zero attached hydrogens (tertiary/aromatic N) is 1. The van der Waals surface area contributed by atoms with Crippen LogP contribution in [0.4, 0.5) is 5.69 Å². The minimum atomic E-state index is -2.98. The molecular weight excluding hydrogens is 330 g/mol. The molecule has 1 aliphatic rings. The second-order valence-corrected chi connectivity index (χ2v) is 8.12. The SMILES string of the molecule is CC(=O)N1CC(CCS(C)(=O)=O)c2cc(Br)ccc21. The zero-order chi connectivity index (χ0) is 14.2. The summed E-state index contributed by atoms with van der Waals surface area (Å²) in [5.41, 5.74) is 1.95. The lowest BCUT2D eigenvalue weighted by Crippen LogP contribution is -2.27. The van der Waals surface area contributed by atoms with Crippen LogP contribution in [0.5, 0.6) is 0 Å². The fourth-order valence-electron chi connectivity index (χ4n) is 2.42. The third kappa shape index (κ3) is 3.36. The molecule has 104 valence electrons. The van der Waals surface area contributed by atoms with Crippen LogP contribution < -0.4 is 4.90 Å². The Kier molecular flexibility index (Phi) is 4.01. The molecule has 1 aromatic rings. The van der Waals surface area contributed by atoms with Crippen LogP contribution in [-0.4, -0.2) is 32.9 Å². The van der Waals surface area contributed by atoms with Crippen LogP contribution >= 0.6 is 15.9 Å². The van der Waals surface area contributed by atoms with Gasteiger partial charge in [-0.3, -0.25) is 4.79 Å². The summed E-state index contributed by atoms with van der Waals surface area (Å²) in [5.74, 6) is 0.228. The molecule has 0 saturated carbocycles. The van der Waals surface area contributed by atoms with Crippen LogP contribution in [0.2, 0.25) is 0 Å². The van der Waals surface area contributed by atoms with Crippen LogP contribution in [-0.2, 0) is 14.6 Å². The van der Waals surface area contributed by atoms with Gasteiger partial charge in [-0.05, 0) is 30.2 Å². The lowest BCUT2D eigenvalue weighted by molar-refractivity contribution is -0.116. The van der Waals surface area contributed by atoms with Crippen molar-refractivity contribution in [2.45, 2.75) is 19.3 Å². The Bertz CT molecular complexity index is 612. The molecule has 0 saturated heterocycles. The number of carbonyl (C=O) groups is 1. The highest BCUT2D eigenvalue weighted by Gasteiger charge is 2.31. The molecule has 0 aromatic heterocycles. The topological polar surface area (TPSA) is 54.5 Å². The number of hydrogen-bond donors (Lipinski definition) is 0. The summed E-state index contributed by atoms with van der Waals surface area (Å²) in [6, 6.07) is 5.78. The van der Waals surface area contributed by atoms with E-state index in [4.69, 9.17) is 0 Å². The van der Waals surface area contributed by atoms with Crippen molar-refractivity contribution in [2.24, 2.45) is 0 Å². The van der Waals surface area contributed by atoms with Crippen LogP contribution in [0.3, 0.4) is 0 Å². The van der Waals surface area contributed by atoms with E-state index in [-0.39, 0.29) is 17.6 Å². The van der Waals surface area contributed by atoms with E-state index < -0.39 is 9.84 Å². The average molecular weight is 346 g/mol. The van der Waals surface area contributed by atoms with Gasteiger partial charge in [0.05, 0.1) is 5.75 Å². The molecule has 0 radical (unpaired) electrons. The van der Waals surface area contributed by atoms with E-state index in [0.29, 0.717) is 13.0 Å². The molecule has 0 fully saturated rings. The average Bonchev–Trinajstić information content (AvgIpc) is 2.63. The minimum absolute atomic E-state index is 0.00886. The van der Waals surface area contributed by atoms with Gasteiger partial charge in [-0.15, -0.1) is 0 Å². The first kappa shape index (κ1) is 14.5. The summed E-state index contributed by atoms with van der Waals surface area (Å²) >= 11 is 3.42. The van der Waals surface area contributed by atoms with E-state index in [0.717, 1.165) is 15.7 Å². The number of hydrogen-bond acceptors (Lipinski definition) is 3. The van der Waals surface area contributed by atoms with E-state index >= 15 is 0 Å². The van der Waals surface area contributed by atoms with Crippen LogP contribution in [0.15, 0.2) is 22.7 Å². The molecule has 1 amide bonds. The van der Waals surface area contributed by atoms with Gasteiger partial charge in [0, 0.05) is 35.8 Å². The van der Waals surface area contributed by atoms with Crippen molar-refractivity contribution in [1.82, 2.24) is 0 Å². The summed E-state index contributed by atoms with van der Waals surface area (Å²) in [4.78, 5) is 13.4. The third-order valence-electron chi connectivity index (χ3n) is 3.34. The lowest BCUT2D eigenvalue weighted by Gasteiger charge is -2.15. The number of anilines is 1. The van der Waals surface area contributed by atoms with Crippen LogP contribution in [0, 0.1) is 0 Å². The first-order valence-electron chi connectivity index (χ1n) is 6.03. The van der Waals surface area contributed by atoms with Gasteiger partial charge < -0.3 is 4.90 Å². The van der Waals surface area contributed by atoms with Crippen molar-refractivity contribution in [3.8, 4) is 0 Å². The molecule has 4 nitrogen and oxygen atoms in total. The van der Waals surface area contributed by atoms with Gasteiger partial charge in [0.2, 0.25) is 5.91 Å². The summed E-state index contributed by atoms with van der Waals surface area (Å²) in [6.07, 6.45) is 1.79. The molecule has 1 aromatic carbocycles. The van der Waals surface area contributed by atoms with E-state index in [1.807, 2.05) is 18.2 Å². The van der Waals surface area contributed by atoms with Crippen molar-refractivity contribution in [1.29, 1.82) is 0 Å². The Balaban J connectivity index is 2.29. The number of fused-ring (bicyclic) bond motifs is 1. The Morgan fingerprint density at radius 2 is 2.16 bits per heavy atom. The minimum Gasteiger partial charge on any atom is -0.312 e. The van der Waals surface area contributed by atoms with Crippen molar-refractivity contribution in [3.05, 3.63) is 28.2 Å². The molecule has 2 rings (SSSR count). The maximum atomic E-state index is 11.6. The van der Waals surface area contributed by atoms with Crippen molar-refractivity contribution in [2.75, 3.05) is 23.5 Å².